The van der Waals surface area contributed by atoms with E-state index in [2.05, 4.69) is 73.4 Å². The molecule has 5 nitrogen and oxygen atoms in total. The average molecular weight is 718 g/mol. The number of piperidine rings is 1. The van der Waals surface area contributed by atoms with Gasteiger partial charge in [-0.2, -0.15) is 0 Å². The van der Waals surface area contributed by atoms with E-state index >= 15 is 0 Å². The number of hydrogen-bond acceptors (Lipinski definition) is 5. The second-order valence-electron chi connectivity index (χ2n) is 17.5. The lowest BCUT2D eigenvalue weighted by atomic mass is 9.85. The SMILES string of the molecule is C=C(OC(CCCCCC(C)(C)C(=C)OCCCCCCCC)CCCCCC(C)(C)C(=O)OCCCCCCCC)C1CCN(C(C)C)CC1. The van der Waals surface area contributed by atoms with E-state index in [1.807, 2.05) is 0 Å². The van der Waals surface area contributed by atoms with Crippen LogP contribution in [-0.4, -0.2) is 49.3 Å². The van der Waals surface area contributed by atoms with Crippen LogP contribution in [0.3, 0.4) is 0 Å². The Bertz CT molecular complexity index is 849. The summed E-state index contributed by atoms with van der Waals surface area (Å²) in [7, 11) is 0. The molecule has 0 saturated carbocycles. The molecular formula is C46H87NO4. The summed E-state index contributed by atoms with van der Waals surface area (Å²) < 4.78 is 18.5. The van der Waals surface area contributed by atoms with Crippen molar-refractivity contribution in [3.8, 4) is 0 Å². The molecule has 300 valence electrons. The fraction of sp³-hybridized carbons (Fsp3) is 0.891. The number of carbonyl (C=O) groups excluding carboxylic acids is 1. The Labute approximate surface area is 318 Å². The van der Waals surface area contributed by atoms with Gasteiger partial charge in [-0.15, -0.1) is 0 Å². The highest BCUT2D eigenvalue weighted by Crippen LogP contribution is 2.33. The van der Waals surface area contributed by atoms with Crippen molar-refractivity contribution in [2.75, 3.05) is 26.3 Å². The fourth-order valence-corrected chi connectivity index (χ4v) is 7.30. The normalized spacial score (nSPS) is 15.2. The number of allylic oxidation sites excluding steroid dienone is 2. The quantitative estimate of drug-likeness (QED) is 0.0384. The summed E-state index contributed by atoms with van der Waals surface area (Å²) in [6, 6.07) is 0.606. The van der Waals surface area contributed by atoms with Gasteiger partial charge in [-0.1, -0.05) is 131 Å². The molecule has 0 aromatic carbocycles. The molecule has 0 bridgehead atoms. The molecule has 0 N–H and O–H groups in total. The molecule has 0 aliphatic carbocycles. The summed E-state index contributed by atoms with van der Waals surface area (Å²) in [5, 5.41) is 0. The summed E-state index contributed by atoms with van der Waals surface area (Å²) in [5.74, 6) is 2.39. The predicted octanol–water partition coefficient (Wildman–Crippen LogP) is 13.8. The van der Waals surface area contributed by atoms with Gasteiger partial charge in [-0.25, -0.2) is 0 Å². The molecular weight excluding hydrogens is 631 g/mol. The van der Waals surface area contributed by atoms with Gasteiger partial charge in [0.25, 0.3) is 0 Å². The summed E-state index contributed by atoms with van der Waals surface area (Å²) in [6.07, 6.45) is 28.4. The van der Waals surface area contributed by atoms with Crippen LogP contribution in [0.2, 0.25) is 0 Å². The Morgan fingerprint density at radius 2 is 1.10 bits per heavy atom. The Morgan fingerprint density at radius 1 is 0.647 bits per heavy atom. The maximum atomic E-state index is 12.8. The minimum Gasteiger partial charge on any atom is -0.498 e. The highest BCUT2D eigenvalue weighted by Gasteiger charge is 2.29. The van der Waals surface area contributed by atoms with Gasteiger partial charge in [0.15, 0.2) is 0 Å². The summed E-state index contributed by atoms with van der Waals surface area (Å²) in [5.41, 5.74) is -0.415. The molecule has 0 amide bonds. The molecule has 1 aliphatic rings. The third-order valence-corrected chi connectivity index (χ3v) is 11.5. The summed E-state index contributed by atoms with van der Waals surface area (Å²) in [6.45, 7) is 30.2. The van der Waals surface area contributed by atoms with Crippen LogP contribution in [0.4, 0.5) is 0 Å². The van der Waals surface area contributed by atoms with Crippen molar-refractivity contribution >= 4 is 5.97 Å². The first-order valence-electron chi connectivity index (χ1n) is 21.9. The monoisotopic (exact) mass is 718 g/mol. The van der Waals surface area contributed by atoms with E-state index in [1.54, 1.807) is 0 Å². The zero-order valence-electron chi connectivity index (χ0n) is 35.5. The molecule has 1 rings (SSSR count). The molecule has 1 fully saturated rings. The maximum absolute atomic E-state index is 12.8. The first-order valence-corrected chi connectivity index (χ1v) is 21.9. The van der Waals surface area contributed by atoms with Gasteiger partial charge in [-0.3, -0.25) is 4.79 Å². The van der Waals surface area contributed by atoms with Gasteiger partial charge >= 0.3 is 5.97 Å². The van der Waals surface area contributed by atoms with Crippen LogP contribution in [0.25, 0.3) is 0 Å². The van der Waals surface area contributed by atoms with Crippen molar-refractivity contribution in [1.82, 2.24) is 4.90 Å². The second-order valence-corrected chi connectivity index (χ2v) is 17.5. The maximum Gasteiger partial charge on any atom is 0.311 e. The predicted molar refractivity (Wildman–Crippen MR) is 220 cm³/mol. The average Bonchev–Trinajstić information content (AvgIpc) is 3.10. The Morgan fingerprint density at radius 3 is 1.61 bits per heavy atom. The first-order chi connectivity index (χ1) is 24.3. The zero-order valence-corrected chi connectivity index (χ0v) is 35.5. The smallest absolute Gasteiger partial charge is 0.311 e. The molecule has 5 heteroatoms. The van der Waals surface area contributed by atoms with E-state index in [-0.39, 0.29) is 17.5 Å². The molecule has 1 saturated heterocycles. The van der Waals surface area contributed by atoms with E-state index in [0.29, 0.717) is 18.6 Å². The Hall–Kier alpha value is -1.49. The van der Waals surface area contributed by atoms with Gasteiger partial charge < -0.3 is 19.1 Å². The molecule has 0 radical (unpaired) electrons. The van der Waals surface area contributed by atoms with Gasteiger partial charge in [0.2, 0.25) is 0 Å². The summed E-state index contributed by atoms with van der Waals surface area (Å²) in [4.78, 5) is 15.4. The highest BCUT2D eigenvalue weighted by atomic mass is 16.5. The number of hydrogen-bond donors (Lipinski definition) is 0. The number of likely N-dealkylation sites (tertiary alicyclic amines) is 1. The third-order valence-electron chi connectivity index (χ3n) is 11.5. The van der Waals surface area contributed by atoms with Crippen LogP contribution in [-0.2, 0) is 19.0 Å². The van der Waals surface area contributed by atoms with Crippen molar-refractivity contribution < 1.29 is 19.0 Å². The van der Waals surface area contributed by atoms with E-state index in [9.17, 15) is 4.79 Å². The van der Waals surface area contributed by atoms with Crippen molar-refractivity contribution in [3.05, 3.63) is 24.7 Å². The number of esters is 1. The lowest BCUT2D eigenvalue weighted by Crippen LogP contribution is -2.39. The van der Waals surface area contributed by atoms with Crippen LogP contribution in [0.1, 0.15) is 209 Å². The molecule has 1 atom stereocenters. The molecule has 0 spiro atoms. The van der Waals surface area contributed by atoms with Crippen molar-refractivity contribution in [1.29, 1.82) is 0 Å². The second kappa shape index (κ2) is 28.0. The van der Waals surface area contributed by atoms with E-state index in [0.717, 1.165) is 108 Å². The van der Waals surface area contributed by atoms with Crippen LogP contribution < -0.4 is 0 Å². The molecule has 1 heterocycles. The van der Waals surface area contributed by atoms with E-state index < -0.39 is 5.41 Å². The minimum absolute atomic E-state index is 0.00565. The van der Waals surface area contributed by atoms with Crippen LogP contribution in [0.5, 0.6) is 0 Å². The van der Waals surface area contributed by atoms with Crippen LogP contribution >= 0.6 is 0 Å². The minimum atomic E-state index is -0.421. The van der Waals surface area contributed by atoms with Gasteiger partial charge in [0.1, 0.15) is 0 Å². The van der Waals surface area contributed by atoms with Gasteiger partial charge in [0, 0.05) is 17.4 Å². The largest absolute Gasteiger partial charge is 0.498 e. The van der Waals surface area contributed by atoms with Crippen molar-refractivity contribution in [2.45, 2.75) is 222 Å². The molecule has 1 aliphatic heterocycles. The number of unbranched alkanes of at least 4 members (excludes halogenated alkanes) is 14. The number of rotatable bonds is 33. The Kier molecular flexibility index (Phi) is 26.1. The lowest BCUT2D eigenvalue weighted by molar-refractivity contribution is -0.154. The number of carbonyl (C=O) groups is 1. The van der Waals surface area contributed by atoms with Crippen molar-refractivity contribution in [2.24, 2.45) is 16.7 Å². The lowest BCUT2D eigenvalue weighted by Gasteiger charge is -2.36. The highest BCUT2D eigenvalue weighted by molar-refractivity contribution is 5.75. The van der Waals surface area contributed by atoms with Gasteiger partial charge in [0.05, 0.1) is 36.3 Å². The molecule has 51 heavy (non-hydrogen) atoms. The molecule has 0 aromatic rings. The number of ether oxygens (including phenoxy) is 3. The number of nitrogens with zero attached hydrogens (tertiary/aromatic N) is 1. The fourth-order valence-electron chi connectivity index (χ4n) is 7.30. The molecule has 0 aromatic heterocycles. The topological polar surface area (TPSA) is 48.0 Å². The van der Waals surface area contributed by atoms with Gasteiger partial charge in [-0.05, 0) is 105 Å². The third kappa shape index (κ3) is 22.4. The van der Waals surface area contributed by atoms with E-state index in [4.69, 9.17) is 14.2 Å². The van der Waals surface area contributed by atoms with Crippen LogP contribution in [0, 0.1) is 16.7 Å². The first kappa shape index (κ1) is 47.5. The standard InChI is InChI=1S/C46H87NO4/c1-11-13-15-17-19-27-37-49-41(6)45(7,8)33-25-21-23-29-43(51-40(5)42-31-35-47(36-32-42)39(3)4)30-24-22-26-34-46(9,10)44(48)50-38-28-20-18-16-14-12-2/h39,42-43H,5-6,11-38H2,1-4,7-10H3. The zero-order chi connectivity index (χ0) is 38.0. The van der Waals surface area contributed by atoms with Crippen LogP contribution in [0.15, 0.2) is 24.7 Å². The Balaban J connectivity index is 2.50. The van der Waals surface area contributed by atoms with Crippen molar-refractivity contribution in [3.63, 3.8) is 0 Å². The molecule has 1 unspecified atom stereocenters. The summed E-state index contributed by atoms with van der Waals surface area (Å²) >= 11 is 0. The van der Waals surface area contributed by atoms with E-state index in [1.165, 1.54) is 77.0 Å².